The summed E-state index contributed by atoms with van der Waals surface area (Å²) in [5.41, 5.74) is 3.21. The Bertz CT molecular complexity index is 1230. The Morgan fingerprint density at radius 1 is 1.00 bits per heavy atom. The highest BCUT2D eigenvalue weighted by atomic mass is 32.1. The summed E-state index contributed by atoms with van der Waals surface area (Å²) in [5.74, 6) is 0.937. The molecule has 0 N–H and O–H groups in total. The van der Waals surface area contributed by atoms with Gasteiger partial charge >= 0.3 is 0 Å². The van der Waals surface area contributed by atoms with E-state index in [9.17, 15) is 9.59 Å². The minimum absolute atomic E-state index is 0.00914. The van der Waals surface area contributed by atoms with Gasteiger partial charge in [-0.2, -0.15) is 0 Å². The van der Waals surface area contributed by atoms with Gasteiger partial charge in [0.25, 0.3) is 5.91 Å². The van der Waals surface area contributed by atoms with E-state index in [1.54, 1.807) is 0 Å². The largest absolute Gasteiger partial charge is 0.494 e. The zero-order valence-electron chi connectivity index (χ0n) is 22.3. The number of hydrogen-bond acceptors (Lipinski definition) is 5. The Kier molecular flexibility index (Phi) is 8.45. The summed E-state index contributed by atoms with van der Waals surface area (Å²) < 4.78 is 5.73. The van der Waals surface area contributed by atoms with Gasteiger partial charge in [-0.15, -0.1) is 11.3 Å². The molecule has 2 aromatic carbocycles. The van der Waals surface area contributed by atoms with Crippen LogP contribution in [0.15, 0.2) is 66.0 Å². The monoisotopic (exact) mass is 531 g/mol. The number of carbonyl (C=O) groups is 2. The first-order valence-electron chi connectivity index (χ1n) is 13.7. The number of nitrogens with zero attached hydrogens (tertiary/aromatic N) is 3. The molecule has 6 nitrogen and oxygen atoms in total. The van der Waals surface area contributed by atoms with Crippen molar-refractivity contribution in [1.82, 2.24) is 14.7 Å². The first kappa shape index (κ1) is 26.4. The van der Waals surface area contributed by atoms with E-state index in [2.05, 4.69) is 47.5 Å². The van der Waals surface area contributed by atoms with Crippen LogP contribution in [0.4, 0.5) is 0 Å². The third-order valence-electron chi connectivity index (χ3n) is 7.63. The average molecular weight is 532 g/mol. The van der Waals surface area contributed by atoms with Crippen LogP contribution in [-0.2, 0) is 11.2 Å². The van der Waals surface area contributed by atoms with Gasteiger partial charge < -0.3 is 14.5 Å². The molecule has 3 heterocycles. The SMILES string of the molecule is CCCCOc1ccc(C(=O)N2CCN(C(=O)CN3CCc4sccc4[C@@H]3c3ccccc3)C[C@H]2C)cc1. The van der Waals surface area contributed by atoms with Crippen molar-refractivity contribution < 1.29 is 14.3 Å². The lowest BCUT2D eigenvalue weighted by molar-refractivity contribution is -0.135. The molecule has 2 amide bonds. The Labute approximate surface area is 229 Å². The second-order valence-corrected chi connectivity index (χ2v) is 11.2. The van der Waals surface area contributed by atoms with E-state index < -0.39 is 0 Å². The second-order valence-electron chi connectivity index (χ2n) is 10.2. The van der Waals surface area contributed by atoms with Crippen LogP contribution >= 0.6 is 11.3 Å². The molecule has 0 spiro atoms. The van der Waals surface area contributed by atoms with Crippen molar-refractivity contribution in [2.45, 2.75) is 45.2 Å². The number of piperazine rings is 1. The minimum atomic E-state index is -0.0459. The maximum absolute atomic E-state index is 13.5. The molecular formula is C31H37N3O3S. The molecule has 3 aromatic rings. The molecule has 7 heteroatoms. The smallest absolute Gasteiger partial charge is 0.254 e. The van der Waals surface area contributed by atoms with Crippen molar-refractivity contribution in [2.75, 3.05) is 39.3 Å². The predicted octanol–water partition coefficient (Wildman–Crippen LogP) is 5.25. The van der Waals surface area contributed by atoms with Crippen molar-refractivity contribution in [3.63, 3.8) is 0 Å². The Hall–Kier alpha value is -3.16. The van der Waals surface area contributed by atoms with E-state index in [1.807, 2.05) is 58.4 Å². The zero-order valence-corrected chi connectivity index (χ0v) is 23.2. The molecule has 2 aliphatic heterocycles. The third kappa shape index (κ3) is 5.79. The van der Waals surface area contributed by atoms with Gasteiger partial charge in [0.15, 0.2) is 0 Å². The van der Waals surface area contributed by atoms with Gasteiger partial charge in [0.1, 0.15) is 5.75 Å². The Balaban J connectivity index is 1.20. The molecule has 0 unspecified atom stereocenters. The molecule has 1 aromatic heterocycles. The molecule has 1 fully saturated rings. The lowest BCUT2D eigenvalue weighted by atomic mass is 9.93. The second kappa shape index (κ2) is 12.1. The fourth-order valence-electron chi connectivity index (χ4n) is 5.52. The first-order valence-corrected chi connectivity index (χ1v) is 14.6. The van der Waals surface area contributed by atoms with Gasteiger partial charge in [-0.3, -0.25) is 14.5 Å². The minimum Gasteiger partial charge on any atom is -0.494 e. The molecule has 5 rings (SSSR count). The summed E-state index contributed by atoms with van der Waals surface area (Å²) in [6.45, 7) is 7.75. The summed E-state index contributed by atoms with van der Waals surface area (Å²) in [5, 5.41) is 2.16. The molecule has 200 valence electrons. The van der Waals surface area contributed by atoms with E-state index in [4.69, 9.17) is 4.74 Å². The van der Waals surface area contributed by atoms with E-state index in [-0.39, 0.29) is 23.9 Å². The van der Waals surface area contributed by atoms with Crippen LogP contribution in [0.2, 0.25) is 0 Å². The number of hydrogen-bond donors (Lipinski definition) is 0. The Morgan fingerprint density at radius 2 is 1.79 bits per heavy atom. The number of unbranched alkanes of at least 4 members (excludes halogenated alkanes) is 1. The van der Waals surface area contributed by atoms with E-state index in [1.165, 1.54) is 16.0 Å². The van der Waals surface area contributed by atoms with Crippen molar-refractivity contribution in [3.05, 3.63) is 87.6 Å². The lowest BCUT2D eigenvalue weighted by Crippen LogP contribution is -2.57. The summed E-state index contributed by atoms with van der Waals surface area (Å²) in [6, 6.07) is 20.2. The fraction of sp³-hybridized carbons (Fsp3) is 0.419. The van der Waals surface area contributed by atoms with Crippen LogP contribution in [-0.4, -0.2) is 71.9 Å². The molecule has 2 atom stereocenters. The maximum atomic E-state index is 13.5. The summed E-state index contributed by atoms with van der Waals surface area (Å²) >= 11 is 1.81. The number of ether oxygens (including phenoxy) is 1. The van der Waals surface area contributed by atoms with Gasteiger partial charge in [0, 0.05) is 42.7 Å². The third-order valence-corrected chi connectivity index (χ3v) is 8.62. The maximum Gasteiger partial charge on any atom is 0.254 e. The summed E-state index contributed by atoms with van der Waals surface area (Å²) in [7, 11) is 0. The van der Waals surface area contributed by atoms with Gasteiger partial charge in [0.05, 0.1) is 19.2 Å². The number of carbonyl (C=O) groups excluding carboxylic acids is 2. The van der Waals surface area contributed by atoms with Crippen LogP contribution in [0, 0.1) is 0 Å². The highest BCUT2D eigenvalue weighted by Crippen LogP contribution is 2.37. The summed E-state index contributed by atoms with van der Waals surface area (Å²) in [6.07, 6.45) is 3.08. The van der Waals surface area contributed by atoms with Crippen LogP contribution < -0.4 is 4.74 Å². The molecular weight excluding hydrogens is 494 g/mol. The van der Waals surface area contributed by atoms with Crippen molar-refractivity contribution in [1.29, 1.82) is 0 Å². The zero-order chi connectivity index (χ0) is 26.5. The predicted molar refractivity (Wildman–Crippen MR) is 152 cm³/mol. The van der Waals surface area contributed by atoms with Gasteiger partial charge in [-0.05, 0) is 66.6 Å². The van der Waals surface area contributed by atoms with Crippen molar-refractivity contribution in [3.8, 4) is 5.75 Å². The quantitative estimate of drug-likeness (QED) is 0.373. The normalized spacial score (nSPS) is 19.7. The number of thiophene rings is 1. The van der Waals surface area contributed by atoms with Crippen LogP contribution in [0.25, 0.3) is 0 Å². The Morgan fingerprint density at radius 3 is 2.53 bits per heavy atom. The molecule has 0 radical (unpaired) electrons. The molecule has 0 bridgehead atoms. The summed E-state index contributed by atoms with van der Waals surface area (Å²) in [4.78, 5) is 34.3. The molecule has 1 saturated heterocycles. The molecule has 2 aliphatic rings. The van der Waals surface area contributed by atoms with E-state index in [0.717, 1.165) is 31.6 Å². The number of amides is 2. The number of benzene rings is 2. The average Bonchev–Trinajstić information content (AvgIpc) is 3.42. The van der Waals surface area contributed by atoms with Crippen molar-refractivity contribution >= 4 is 23.2 Å². The van der Waals surface area contributed by atoms with Gasteiger partial charge in [0.2, 0.25) is 5.91 Å². The van der Waals surface area contributed by atoms with E-state index in [0.29, 0.717) is 38.3 Å². The molecule has 0 aliphatic carbocycles. The van der Waals surface area contributed by atoms with Crippen LogP contribution in [0.5, 0.6) is 5.75 Å². The first-order chi connectivity index (χ1) is 18.5. The van der Waals surface area contributed by atoms with Gasteiger partial charge in [-0.25, -0.2) is 0 Å². The molecule has 38 heavy (non-hydrogen) atoms. The number of rotatable bonds is 8. The highest BCUT2D eigenvalue weighted by Gasteiger charge is 2.34. The van der Waals surface area contributed by atoms with E-state index >= 15 is 0 Å². The fourth-order valence-corrected chi connectivity index (χ4v) is 6.42. The molecule has 0 saturated carbocycles. The highest BCUT2D eigenvalue weighted by molar-refractivity contribution is 7.10. The number of fused-ring (bicyclic) bond motifs is 1. The van der Waals surface area contributed by atoms with Gasteiger partial charge in [-0.1, -0.05) is 43.7 Å². The van der Waals surface area contributed by atoms with Crippen LogP contribution in [0.1, 0.15) is 59.1 Å². The topological polar surface area (TPSA) is 53.1 Å². The van der Waals surface area contributed by atoms with Crippen LogP contribution in [0.3, 0.4) is 0 Å². The van der Waals surface area contributed by atoms with Crippen molar-refractivity contribution in [2.24, 2.45) is 0 Å². The standard InChI is InChI=1S/C31H37N3O3S/c1-3-4-19-37-26-12-10-25(11-13-26)31(36)34-18-17-32(21-23(34)2)29(35)22-33-16-14-28-27(15-20-38-28)30(33)24-8-6-5-7-9-24/h5-13,15,20,23,30H,3-4,14,16-19,21-22H2,1-2H3/t23-,30+/m1/s1. The lowest BCUT2D eigenvalue weighted by Gasteiger charge is -2.42.